The lowest BCUT2D eigenvalue weighted by atomic mass is 10.0. The highest BCUT2D eigenvalue weighted by Gasteiger charge is 2.17. The smallest absolute Gasteiger partial charge is 0.141 e. The molecule has 0 radical (unpaired) electrons. The van der Waals surface area contributed by atoms with Crippen molar-refractivity contribution >= 4 is 11.6 Å². The minimum absolute atomic E-state index is 0.0340. The number of nitrogens with zero attached hydrogens (tertiary/aromatic N) is 3. The Hall–Kier alpha value is -2.37. The minimum atomic E-state index is -0.885. The summed E-state index contributed by atoms with van der Waals surface area (Å²) in [6, 6.07) is 10.5. The second-order valence-electron chi connectivity index (χ2n) is 5.54. The van der Waals surface area contributed by atoms with Crippen molar-refractivity contribution in [3.05, 3.63) is 70.0 Å². The highest BCUT2D eigenvalue weighted by atomic mass is 35.5. The predicted molar refractivity (Wildman–Crippen MR) is 88.0 cm³/mol. The van der Waals surface area contributed by atoms with E-state index in [1.807, 2.05) is 32.0 Å². The molecule has 0 saturated carbocycles. The zero-order valence-electron chi connectivity index (χ0n) is 12.7. The standard InChI is InChI=1S/C17H16ClN3O2/c1-10-5-11(2)7-12(6-10)17(23)14-9-21(20-19-14)15-8-13(18)3-4-16(15)22/h3-9,17,22-23H,1-2H3. The maximum absolute atomic E-state index is 10.5. The fourth-order valence-corrected chi connectivity index (χ4v) is 2.70. The zero-order chi connectivity index (χ0) is 16.6. The van der Waals surface area contributed by atoms with E-state index in [1.54, 1.807) is 18.3 Å². The Labute approximate surface area is 138 Å². The number of rotatable bonds is 3. The SMILES string of the molecule is Cc1cc(C)cc(C(O)c2cn(-c3cc(Cl)ccc3O)nn2)c1. The van der Waals surface area contributed by atoms with Gasteiger partial charge in [-0.1, -0.05) is 46.1 Å². The van der Waals surface area contributed by atoms with E-state index in [0.29, 0.717) is 16.4 Å². The van der Waals surface area contributed by atoms with Gasteiger partial charge < -0.3 is 10.2 Å². The summed E-state index contributed by atoms with van der Waals surface area (Å²) in [4.78, 5) is 0. The largest absolute Gasteiger partial charge is 0.506 e. The van der Waals surface area contributed by atoms with Gasteiger partial charge in [0.1, 0.15) is 23.2 Å². The molecule has 23 heavy (non-hydrogen) atoms. The molecule has 2 aromatic carbocycles. The molecule has 1 unspecified atom stereocenters. The average Bonchev–Trinajstić information content (AvgIpc) is 2.97. The molecular weight excluding hydrogens is 314 g/mol. The fraction of sp³-hybridized carbons (Fsp3) is 0.176. The van der Waals surface area contributed by atoms with Gasteiger partial charge in [0.15, 0.2) is 0 Å². The van der Waals surface area contributed by atoms with Crippen molar-refractivity contribution in [2.24, 2.45) is 0 Å². The molecule has 118 valence electrons. The first-order valence-electron chi connectivity index (χ1n) is 7.11. The summed E-state index contributed by atoms with van der Waals surface area (Å²) in [5.74, 6) is 0.0340. The molecule has 0 aliphatic rings. The molecule has 3 aromatic rings. The number of benzene rings is 2. The van der Waals surface area contributed by atoms with E-state index in [9.17, 15) is 10.2 Å². The van der Waals surface area contributed by atoms with Crippen LogP contribution in [0.4, 0.5) is 0 Å². The molecule has 0 aliphatic carbocycles. The molecule has 0 saturated heterocycles. The summed E-state index contributed by atoms with van der Waals surface area (Å²) < 4.78 is 1.39. The number of halogens is 1. The Kier molecular flexibility index (Phi) is 4.07. The van der Waals surface area contributed by atoms with Crippen LogP contribution in [0.25, 0.3) is 5.69 Å². The molecule has 1 atom stereocenters. The number of phenols is 1. The van der Waals surface area contributed by atoms with Gasteiger partial charge >= 0.3 is 0 Å². The van der Waals surface area contributed by atoms with Gasteiger partial charge in [0.2, 0.25) is 0 Å². The Bertz CT molecular complexity index is 841. The first-order chi connectivity index (χ1) is 10.9. The van der Waals surface area contributed by atoms with Crippen LogP contribution < -0.4 is 0 Å². The van der Waals surface area contributed by atoms with E-state index in [-0.39, 0.29) is 5.75 Å². The number of aromatic nitrogens is 3. The summed E-state index contributed by atoms with van der Waals surface area (Å²) in [5, 5.41) is 28.9. The number of phenolic OH excluding ortho intramolecular Hbond substituents is 1. The second-order valence-corrected chi connectivity index (χ2v) is 5.98. The summed E-state index contributed by atoms with van der Waals surface area (Å²) in [5.41, 5.74) is 3.70. The van der Waals surface area contributed by atoms with Crippen LogP contribution in [0.2, 0.25) is 5.02 Å². The lowest BCUT2D eigenvalue weighted by molar-refractivity contribution is 0.215. The monoisotopic (exact) mass is 329 g/mol. The maximum Gasteiger partial charge on any atom is 0.141 e. The number of aromatic hydroxyl groups is 1. The van der Waals surface area contributed by atoms with Gasteiger partial charge in [-0.15, -0.1) is 5.10 Å². The molecule has 5 nitrogen and oxygen atoms in total. The number of aryl methyl sites for hydroxylation is 2. The highest BCUT2D eigenvalue weighted by molar-refractivity contribution is 6.30. The number of aliphatic hydroxyl groups excluding tert-OH is 1. The molecule has 0 aliphatic heterocycles. The predicted octanol–water partition coefficient (Wildman–Crippen LogP) is 3.32. The Balaban J connectivity index is 1.96. The van der Waals surface area contributed by atoms with E-state index in [4.69, 9.17) is 11.6 Å². The van der Waals surface area contributed by atoms with Gasteiger partial charge in [-0.05, 0) is 37.6 Å². The normalized spacial score (nSPS) is 12.3. The average molecular weight is 330 g/mol. The topological polar surface area (TPSA) is 71.2 Å². The van der Waals surface area contributed by atoms with Crippen LogP contribution in [0.15, 0.2) is 42.6 Å². The Morgan fingerprint density at radius 1 is 1.09 bits per heavy atom. The maximum atomic E-state index is 10.5. The molecular formula is C17H16ClN3O2. The van der Waals surface area contributed by atoms with E-state index in [1.165, 1.54) is 10.7 Å². The van der Waals surface area contributed by atoms with Gasteiger partial charge in [0.25, 0.3) is 0 Å². The van der Waals surface area contributed by atoms with Gasteiger partial charge in [0, 0.05) is 5.02 Å². The molecule has 0 bridgehead atoms. The van der Waals surface area contributed by atoms with E-state index < -0.39 is 6.10 Å². The van der Waals surface area contributed by atoms with Crippen molar-refractivity contribution in [3.63, 3.8) is 0 Å². The van der Waals surface area contributed by atoms with Gasteiger partial charge in [-0.25, -0.2) is 4.68 Å². The first kappa shape index (κ1) is 15.5. The zero-order valence-corrected chi connectivity index (χ0v) is 13.5. The third-order valence-corrected chi connectivity index (χ3v) is 3.77. The molecule has 1 aromatic heterocycles. The lowest BCUT2D eigenvalue weighted by Crippen LogP contribution is -2.01. The van der Waals surface area contributed by atoms with Gasteiger partial charge in [-0.2, -0.15) is 0 Å². The van der Waals surface area contributed by atoms with Crippen molar-refractivity contribution in [1.82, 2.24) is 15.0 Å². The van der Waals surface area contributed by atoms with Gasteiger partial charge in [0.05, 0.1) is 6.20 Å². The molecule has 6 heteroatoms. The van der Waals surface area contributed by atoms with Crippen LogP contribution in [0, 0.1) is 13.8 Å². The molecule has 2 N–H and O–H groups in total. The van der Waals surface area contributed by atoms with Crippen molar-refractivity contribution in [1.29, 1.82) is 0 Å². The number of hydrogen-bond donors (Lipinski definition) is 2. The van der Waals surface area contributed by atoms with Crippen LogP contribution in [0.3, 0.4) is 0 Å². The fourth-order valence-electron chi connectivity index (χ4n) is 2.54. The highest BCUT2D eigenvalue weighted by Crippen LogP contribution is 2.27. The van der Waals surface area contributed by atoms with Crippen LogP contribution in [0.1, 0.15) is 28.5 Å². The van der Waals surface area contributed by atoms with E-state index in [0.717, 1.165) is 16.7 Å². The summed E-state index contributed by atoms with van der Waals surface area (Å²) in [6.07, 6.45) is 0.692. The van der Waals surface area contributed by atoms with Crippen molar-refractivity contribution in [2.75, 3.05) is 0 Å². The summed E-state index contributed by atoms with van der Waals surface area (Å²) in [6.45, 7) is 3.95. The van der Waals surface area contributed by atoms with Crippen molar-refractivity contribution in [2.45, 2.75) is 20.0 Å². The Morgan fingerprint density at radius 2 is 1.78 bits per heavy atom. The molecule has 0 amide bonds. The summed E-state index contributed by atoms with van der Waals surface area (Å²) >= 11 is 5.94. The van der Waals surface area contributed by atoms with E-state index in [2.05, 4.69) is 10.3 Å². The Morgan fingerprint density at radius 3 is 2.48 bits per heavy atom. The summed E-state index contributed by atoms with van der Waals surface area (Å²) in [7, 11) is 0. The van der Waals surface area contributed by atoms with Gasteiger partial charge in [-0.3, -0.25) is 0 Å². The molecule has 0 spiro atoms. The second kappa shape index (κ2) is 6.02. The molecule has 3 rings (SSSR count). The first-order valence-corrected chi connectivity index (χ1v) is 7.49. The van der Waals surface area contributed by atoms with E-state index >= 15 is 0 Å². The van der Waals surface area contributed by atoms with Crippen LogP contribution in [-0.2, 0) is 0 Å². The third-order valence-electron chi connectivity index (χ3n) is 3.54. The quantitative estimate of drug-likeness (QED) is 0.773. The van der Waals surface area contributed by atoms with Crippen LogP contribution >= 0.6 is 11.6 Å². The lowest BCUT2D eigenvalue weighted by Gasteiger charge is -2.10. The molecule has 0 fully saturated rings. The number of hydrogen-bond acceptors (Lipinski definition) is 4. The van der Waals surface area contributed by atoms with Crippen molar-refractivity contribution < 1.29 is 10.2 Å². The van der Waals surface area contributed by atoms with Crippen LogP contribution in [0.5, 0.6) is 5.75 Å². The third kappa shape index (κ3) is 3.21. The molecule has 1 heterocycles. The number of aliphatic hydroxyl groups is 1. The minimum Gasteiger partial charge on any atom is -0.506 e. The van der Waals surface area contributed by atoms with Crippen molar-refractivity contribution in [3.8, 4) is 11.4 Å². The van der Waals surface area contributed by atoms with Crippen LogP contribution in [-0.4, -0.2) is 25.2 Å².